The number of benzene rings is 1. The second kappa shape index (κ2) is 5.77. The summed E-state index contributed by atoms with van der Waals surface area (Å²) in [5, 5.41) is 17.5. The van der Waals surface area contributed by atoms with Crippen molar-refractivity contribution >= 4 is 0 Å². The third-order valence-electron chi connectivity index (χ3n) is 5.93. The Morgan fingerprint density at radius 1 is 1.22 bits per heavy atom. The van der Waals surface area contributed by atoms with Crippen LogP contribution in [0.1, 0.15) is 36.8 Å². The Morgan fingerprint density at radius 3 is 2.57 bits per heavy atom. The average molecular weight is 311 g/mol. The van der Waals surface area contributed by atoms with E-state index in [1.165, 1.54) is 23.1 Å². The highest BCUT2D eigenvalue weighted by Gasteiger charge is 2.47. The maximum absolute atomic E-state index is 10.0. The number of likely N-dealkylation sites (tertiary alicyclic amines) is 1. The molecule has 1 aromatic carbocycles. The first kappa shape index (κ1) is 14.9. The normalized spacial score (nSPS) is 23.8. The largest absolute Gasteiger partial charge is 0.393 e. The zero-order valence-corrected chi connectivity index (χ0v) is 13.8. The van der Waals surface area contributed by atoms with Crippen LogP contribution in [0.3, 0.4) is 0 Å². The van der Waals surface area contributed by atoms with Crippen LogP contribution >= 0.6 is 0 Å². The van der Waals surface area contributed by atoms with Crippen molar-refractivity contribution in [2.24, 2.45) is 5.41 Å². The van der Waals surface area contributed by atoms with Crippen molar-refractivity contribution in [1.29, 1.82) is 0 Å². The molecule has 4 nitrogen and oxygen atoms in total. The molecule has 1 atom stereocenters. The van der Waals surface area contributed by atoms with Crippen molar-refractivity contribution in [3.8, 4) is 11.3 Å². The van der Waals surface area contributed by atoms with E-state index in [-0.39, 0.29) is 11.5 Å². The fourth-order valence-corrected chi connectivity index (χ4v) is 4.06. The van der Waals surface area contributed by atoms with E-state index >= 15 is 0 Å². The van der Waals surface area contributed by atoms with Gasteiger partial charge in [0.25, 0.3) is 0 Å². The predicted octanol–water partition coefficient (Wildman–Crippen LogP) is 3.12. The summed E-state index contributed by atoms with van der Waals surface area (Å²) in [4.78, 5) is 2.50. The molecule has 122 valence electrons. The Labute approximate surface area is 137 Å². The minimum absolute atomic E-state index is 0.0540. The zero-order chi connectivity index (χ0) is 15.9. The smallest absolute Gasteiger partial charge is 0.0695 e. The summed E-state index contributed by atoms with van der Waals surface area (Å²) in [5.41, 5.74) is 5.11. The second-order valence-electron chi connectivity index (χ2n) is 7.33. The van der Waals surface area contributed by atoms with E-state index < -0.39 is 0 Å². The van der Waals surface area contributed by atoms with Crippen LogP contribution in [0.25, 0.3) is 11.3 Å². The van der Waals surface area contributed by atoms with Gasteiger partial charge in [0.1, 0.15) is 0 Å². The van der Waals surface area contributed by atoms with Crippen LogP contribution in [0.15, 0.2) is 30.5 Å². The number of aryl methyl sites for hydroxylation is 1. The van der Waals surface area contributed by atoms with Crippen LogP contribution in [-0.2, 0) is 6.54 Å². The second-order valence-corrected chi connectivity index (χ2v) is 7.33. The number of rotatable bonds is 3. The Balaban J connectivity index is 1.44. The van der Waals surface area contributed by atoms with Crippen LogP contribution in [0.5, 0.6) is 0 Å². The summed E-state index contributed by atoms with van der Waals surface area (Å²) in [5.74, 6) is 0. The van der Waals surface area contributed by atoms with E-state index in [0.29, 0.717) is 0 Å². The summed E-state index contributed by atoms with van der Waals surface area (Å²) >= 11 is 0. The number of nitrogens with one attached hydrogen (secondary N) is 1. The van der Waals surface area contributed by atoms with Crippen molar-refractivity contribution in [1.82, 2.24) is 15.1 Å². The van der Waals surface area contributed by atoms with Gasteiger partial charge in [0, 0.05) is 12.1 Å². The SMILES string of the molecule is Cc1ccc(-c2[nH]ncc2CN2CCC3(CCC3O)CC2)cc1. The highest BCUT2D eigenvalue weighted by atomic mass is 16.3. The third kappa shape index (κ3) is 2.70. The molecular formula is C19H25N3O. The topological polar surface area (TPSA) is 52.2 Å². The lowest BCUT2D eigenvalue weighted by Gasteiger charge is -2.51. The molecule has 1 aromatic heterocycles. The lowest BCUT2D eigenvalue weighted by molar-refractivity contribution is -0.100. The maximum Gasteiger partial charge on any atom is 0.0695 e. The van der Waals surface area contributed by atoms with Crippen LogP contribution in [-0.4, -0.2) is 39.4 Å². The van der Waals surface area contributed by atoms with Gasteiger partial charge in [0.05, 0.1) is 18.0 Å². The number of hydrogen-bond donors (Lipinski definition) is 2. The van der Waals surface area contributed by atoms with Crippen LogP contribution in [0, 0.1) is 12.3 Å². The van der Waals surface area contributed by atoms with Crippen LogP contribution in [0.4, 0.5) is 0 Å². The molecule has 4 heteroatoms. The molecule has 4 rings (SSSR count). The molecule has 1 saturated carbocycles. The van der Waals surface area contributed by atoms with Crippen LogP contribution < -0.4 is 0 Å². The molecule has 1 spiro atoms. The zero-order valence-electron chi connectivity index (χ0n) is 13.8. The molecule has 2 aromatic rings. The van der Waals surface area contributed by atoms with E-state index in [4.69, 9.17) is 0 Å². The van der Waals surface area contributed by atoms with E-state index in [1.807, 2.05) is 6.20 Å². The predicted molar refractivity (Wildman–Crippen MR) is 90.9 cm³/mol. The van der Waals surface area contributed by atoms with Gasteiger partial charge in [0.2, 0.25) is 0 Å². The van der Waals surface area contributed by atoms with Crippen molar-refractivity contribution < 1.29 is 5.11 Å². The minimum Gasteiger partial charge on any atom is -0.393 e. The van der Waals surface area contributed by atoms with Gasteiger partial charge < -0.3 is 5.11 Å². The number of aliphatic hydroxyl groups is 1. The third-order valence-corrected chi connectivity index (χ3v) is 5.93. The van der Waals surface area contributed by atoms with Crippen molar-refractivity contribution in [3.05, 3.63) is 41.6 Å². The molecule has 2 aliphatic rings. The first-order valence-corrected chi connectivity index (χ1v) is 8.66. The molecule has 2 fully saturated rings. The molecule has 23 heavy (non-hydrogen) atoms. The van der Waals surface area contributed by atoms with E-state index in [9.17, 15) is 5.11 Å². The van der Waals surface area contributed by atoms with E-state index in [2.05, 4.69) is 46.3 Å². The highest BCUT2D eigenvalue weighted by Crippen LogP contribution is 2.49. The monoisotopic (exact) mass is 311 g/mol. The molecule has 1 aliphatic carbocycles. The number of H-pyrrole nitrogens is 1. The van der Waals surface area contributed by atoms with Gasteiger partial charge in [-0.1, -0.05) is 29.8 Å². The Hall–Kier alpha value is -1.65. The summed E-state index contributed by atoms with van der Waals surface area (Å²) in [7, 11) is 0. The fraction of sp³-hybridized carbons (Fsp3) is 0.526. The van der Waals surface area contributed by atoms with Crippen molar-refractivity contribution in [2.75, 3.05) is 13.1 Å². The van der Waals surface area contributed by atoms with Crippen molar-refractivity contribution in [2.45, 2.75) is 45.3 Å². The number of aromatic nitrogens is 2. The molecular weight excluding hydrogens is 286 g/mol. The molecule has 1 saturated heterocycles. The molecule has 0 radical (unpaired) electrons. The first-order valence-electron chi connectivity index (χ1n) is 8.66. The number of hydrogen-bond acceptors (Lipinski definition) is 3. The summed E-state index contributed by atoms with van der Waals surface area (Å²) in [6.07, 6.45) is 6.37. The molecule has 2 N–H and O–H groups in total. The minimum atomic E-state index is -0.0540. The van der Waals surface area contributed by atoms with Gasteiger partial charge in [0.15, 0.2) is 0 Å². The van der Waals surface area contributed by atoms with Gasteiger partial charge in [-0.15, -0.1) is 0 Å². The highest BCUT2D eigenvalue weighted by molar-refractivity contribution is 5.62. The molecule has 0 amide bonds. The van der Waals surface area contributed by atoms with Gasteiger partial charge in [-0.25, -0.2) is 0 Å². The lowest BCUT2D eigenvalue weighted by atomic mass is 9.61. The number of aromatic amines is 1. The number of nitrogens with zero attached hydrogens (tertiary/aromatic N) is 2. The summed E-state index contributed by atoms with van der Waals surface area (Å²) in [6.45, 7) is 5.20. The standard InChI is InChI=1S/C19H25N3O/c1-14-2-4-15(5-3-14)18-16(12-20-21-18)13-22-10-8-19(9-11-22)7-6-17(19)23/h2-5,12,17,23H,6-11,13H2,1H3,(H,20,21). The first-order chi connectivity index (χ1) is 11.2. The fourth-order valence-electron chi connectivity index (χ4n) is 4.06. The quantitative estimate of drug-likeness (QED) is 0.915. The molecule has 0 bridgehead atoms. The van der Waals surface area contributed by atoms with Gasteiger partial charge in [-0.3, -0.25) is 10.00 Å². The Morgan fingerprint density at radius 2 is 1.96 bits per heavy atom. The molecule has 1 unspecified atom stereocenters. The Kier molecular flexibility index (Phi) is 3.74. The Bertz CT molecular complexity index is 668. The number of piperidine rings is 1. The summed E-state index contributed by atoms with van der Waals surface area (Å²) in [6, 6.07) is 8.59. The van der Waals surface area contributed by atoms with E-state index in [0.717, 1.165) is 44.6 Å². The van der Waals surface area contributed by atoms with Gasteiger partial charge in [-0.05, 0) is 56.7 Å². The van der Waals surface area contributed by atoms with Gasteiger partial charge >= 0.3 is 0 Å². The molecule has 1 aliphatic heterocycles. The maximum atomic E-state index is 10.0. The molecule has 2 heterocycles. The van der Waals surface area contributed by atoms with Crippen LogP contribution in [0.2, 0.25) is 0 Å². The van der Waals surface area contributed by atoms with Gasteiger partial charge in [-0.2, -0.15) is 5.10 Å². The van der Waals surface area contributed by atoms with Crippen molar-refractivity contribution in [3.63, 3.8) is 0 Å². The lowest BCUT2D eigenvalue weighted by Crippen LogP contribution is -2.51. The average Bonchev–Trinajstić information content (AvgIpc) is 3.03. The number of aliphatic hydroxyl groups excluding tert-OH is 1. The summed E-state index contributed by atoms with van der Waals surface area (Å²) < 4.78 is 0. The van der Waals surface area contributed by atoms with E-state index in [1.54, 1.807) is 0 Å².